The van der Waals surface area contributed by atoms with E-state index in [2.05, 4.69) is 0 Å². The molecule has 3 aliphatic rings. The fourth-order valence-electron chi connectivity index (χ4n) is 3.27. The lowest BCUT2D eigenvalue weighted by molar-refractivity contribution is -0.142. The van der Waals surface area contributed by atoms with Gasteiger partial charge in [0.15, 0.2) is 0 Å². The summed E-state index contributed by atoms with van der Waals surface area (Å²) in [6.45, 7) is 2.92. The summed E-state index contributed by atoms with van der Waals surface area (Å²) in [5.74, 6) is -1.08. The van der Waals surface area contributed by atoms with Gasteiger partial charge in [0.1, 0.15) is 0 Å². The largest absolute Gasteiger partial charge is 0.465 e. The van der Waals surface area contributed by atoms with Gasteiger partial charge < -0.3 is 19.1 Å². The zero-order valence-electron chi connectivity index (χ0n) is 12.5. The second-order valence-electron chi connectivity index (χ2n) is 6.18. The van der Waals surface area contributed by atoms with E-state index in [0.717, 1.165) is 0 Å². The summed E-state index contributed by atoms with van der Waals surface area (Å²) >= 11 is 0. The predicted octanol–water partition coefficient (Wildman–Crippen LogP) is -0.0223. The molecule has 0 aliphatic carbocycles. The van der Waals surface area contributed by atoms with Crippen molar-refractivity contribution in [3.63, 3.8) is 0 Å². The number of nitrogens with zero attached hydrogens (tertiary/aromatic N) is 1. The lowest BCUT2D eigenvalue weighted by Gasteiger charge is -2.27. The first kappa shape index (κ1) is 15.3. The first-order valence-corrected chi connectivity index (χ1v) is 7.85. The van der Waals surface area contributed by atoms with E-state index in [1.54, 1.807) is 0 Å². The standard InChI is InChI=1S/C15H21NO6/c17-13-10(1-4-20-13)7-16(8-11-2-5-21-14(11)18)9-12-3-6-22-15(12)19/h10-12H,1-9H2. The maximum Gasteiger partial charge on any atom is 0.310 e. The van der Waals surface area contributed by atoms with Crippen LogP contribution in [-0.2, 0) is 28.6 Å². The molecule has 0 amide bonds. The zero-order valence-corrected chi connectivity index (χ0v) is 12.5. The zero-order chi connectivity index (χ0) is 15.5. The van der Waals surface area contributed by atoms with Crippen molar-refractivity contribution in [1.82, 2.24) is 4.90 Å². The molecular formula is C15H21NO6. The van der Waals surface area contributed by atoms with Gasteiger partial charge >= 0.3 is 17.9 Å². The third-order valence-electron chi connectivity index (χ3n) is 4.57. The van der Waals surface area contributed by atoms with Crippen LogP contribution < -0.4 is 0 Å². The second kappa shape index (κ2) is 6.64. The van der Waals surface area contributed by atoms with E-state index >= 15 is 0 Å². The minimum absolute atomic E-state index is 0.171. The normalized spacial score (nSPS) is 31.5. The van der Waals surface area contributed by atoms with Crippen LogP contribution in [0.25, 0.3) is 0 Å². The van der Waals surface area contributed by atoms with E-state index in [1.165, 1.54) is 0 Å². The Hall–Kier alpha value is -1.63. The first-order valence-electron chi connectivity index (χ1n) is 7.85. The molecule has 3 saturated heterocycles. The maximum atomic E-state index is 11.7. The van der Waals surface area contributed by atoms with Crippen molar-refractivity contribution in [2.45, 2.75) is 19.3 Å². The molecule has 122 valence electrons. The molecule has 0 aromatic rings. The van der Waals surface area contributed by atoms with Gasteiger partial charge in [-0.05, 0) is 19.3 Å². The number of esters is 3. The Morgan fingerprint density at radius 1 is 0.682 bits per heavy atom. The lowest BCUT2D eigenvalue weighted by atomic mass is 10.0. The number of rotatable bonds is 6. The van der Waals surface area contributed by atoms with Gasteiger partial charge in [-0.3, -0.25) is 14.4 Å². The molecule has 3 unspecified atom stereocenters. The molecule has 3 heterocycles. The van der Waals surface area contributed by atoms with Crippen molar-refractivity contribution in [2.75, 3.05) is 39.5 Å². The van der Waals surface area contributed by atoms with Gasteiger partial charge in [0.2, 0.25) is 0 Å². The van der Waals surface area contributed by atoms with Crippen LogP contribution in [0.15, 0.2) is 0 Å². The molecular weight excluding hydrogens is 290 g/mol. The fourth-order valence-corrected chi connectivity index (χ4v) is 3.27. The Balaban J connectivity index is 1.62. The summed E-state index contributed by atoms with van der Waals surface area (Å²) in [5.41, 5.74) is 0. The van der Waals surface area contributed by atoms with Crippen LogP contribution in [0.1, 0.15) is 19.3 Å². The number of ether oxygens (including phenoxy) is 3. The highest BCUT2D eigenvalue weighted by atomic mass is 16.5. The van der Waals surface area contributed by atoms with Crippen molar-refractivity contribution in [2.24, 2.45) is 17.8 Å². The third kappa shape index (κ3) is 3.40. The third-order valence-corrected chi connectivity index (χ3v) is 4.57. The van der Waals surface area contributed by atoms with Crippen LogP contribution in [0.5, 0.6) is 0 Å². The Kier molecular flexibility index (Phi) is 4.61. The van der Waals surface area contributed by atoms with Crippen LogP contribution in [0, 0.1) is 17.8 Å². The summed E-state index contributed by atoms with van der Waals surface area (Å²) in [6.07, 6.45) is 2.08. The molecule has 0 bridgehead atoms. The quantitative estimate of drug-likeness (QED) is 0.503. The van der Waals surface area contributed by atoms with Gasteiger partial charge in [-0.1, -0.05) is 0 Å². The van der Waals surface area contributed by atoms with E-state index in [9.17, 15) is 14.4 Å². The number of hydrogen-bond donors (Lipinski definition) is 0. The van der Waals surface area contributed by atoms with Crippen molar-refractivity contribution in [3.8, 4) is 0 Å². The van der Waals surface area contributed by atoms with Crippen LogP contribution in [0.4, 0.5) is 0 Å². The summed E-state index contributed by atoms with van der Waals surface area (Å²) in [6, 6.07) is 0. The second-order valence-corrected chi connectivity index (χ2v) is 6.18. The predicted molar refractivity (Wildman–Crippen MR) is 73.6 cm³/mol. The highest BCUT2D eigenvalue weighted by Crippen LogP contribution is 2.23. The van der Waals surface area contributed by atoms with Crippen molar-refractivity contribution in [1.29, 1.82) is 0 Å². The van der Waals surface area contributed by atoms with Gasteiger partial charge in [0.05, 0.1) is 37.6 Å². The molecule has 3 rings (SSSR count). The molecule has 3 fully saturated rings. The highest BCUT2D eigenvalue weighted by molar-refractivity contribution is 5.76. The van der Waals surface area contributed by atoms with Gasteiger partial charge in [-0.25, -0.2) is 0 Å². The van der Waals surface area contributed by atoms with E-state index in [4.69, 9.17) is 14.2 Å². The van der Waals surface area contributed by atoms with Crippen LogP contribution in [0.2, 0.25) is 0 Å². The molecule has 0 saturated carbocycles. The average Bonchev–Trinajstić information content (AvgIpc) is 3.17. The lowest BCUT2D eigenvalue weighted by Crippen LogP contribution is -2.40. The van der Waals surface area contributed by atoms with Crippen LogP contribution in [0.3, 0.4) is 0 Å². The molecule has 0 aromatic heterocycles. The number of carbonyl (C=O) groups excluding carboxylic acids is 3. The number of hydrogen-bond acceptors (Lipinski definition) is 7. The van der Waals surface area contributed by atoms with Crippen LogP contribution >= 0.6 is 0 Å². The minimum Gasteiger partial charge on any atom is -0.465 e. The molecule has 0 N–H and O–H groups in total. The summed E-state index contributed by atoms with van der Waals surface area (Å²) in [7, 11) is 0. The van der Waals surface area contributed by atoms with Gasteiger partial charge in [-0.2, -0.15) is 0 Å². The van der Waals surface area contributed by atoms with E-state index < -0.39 is 0 Å². The highest BCUT2D eigenvalue weighted by Gasteiger charge is 2.35. The average molecular weight is 311 g/mol. The minimum atomic E-state index is -0.187. The van der Waals surface area contributed by atoms with Crippen LogP contribution in [-0.4, -0.2) is 62.3 Å². The van der Waals surface area contributed by atoms with Crippen molar-refractivity contribution < 1.29 is 28.6 Å². The Morgan fingerprint density at radius 2 is 1.00 bits per heavy atom. The van der Waals surface area contributed by atoms with Crippen molar-refractivity contribution >= 4 is 17.9 Å². The van der Waals surface area contributed by atoms with E-state index in [-0.39, 0.29) is 35.7 Å². The number of cyclic esters (lactones) is 3. The fraction of sp³-hybridized carbons (Fsp3) is 0.800. The summed E-state index contributed by atoms with van der Waals surface area (Å²) in [4.78, 5) is 37.1. The van der Waals surface area contributed by atoms with E-state index in [1.807, 2.05) is 4.90 Å². The van der Waals surface area contributed by atoms with Crippen molar-refractivity contribution in [3.05, 3.63) is 0 Å². The smallest absolute Gasteiger partial charge is 0.310 e. The maximum absolute atomic E-state index is 11.7. The molecule has 0 spiro atoms. The Bertz CT molecular complexity index is 398. The Morgan fingerprint density at radius 3 is 1.23 bits per heavy atom. The van der Waals surface area contributed by atoms with Gasteiger partial charge in [-0.15, -0.1) is 0 Å². The van der Waals surface area contributed by atoms with E-state index in [0.29, 0.717) is 58.7 Å². The SMILES string of the molecule is O=C1OCCC1CN(CC1CCOC1=O)CC1CCOC1=O. The molecule has 7 nitrogen and oxygen atoms in total. The molecule has 3 aliphatic heterocycles. The topological polar surface area (TPSA) is 82.1 Å². The van der Waals surface area contributed by atoms with Gasteiger partial charge in [0, 0.05) is 19.6 Å². The number of carbonyl (C=O) groups is 3. The molecule has 0 radical (unpaired) electrons. The molecule has 0 aromatic carbocycles. The van der Waals surface area contributed by atoms with Gasteiger partial charge in [0.25, 0.3) is 0 Å². The summed E-state index contributed by atoms with van der Waals surface area (Å²) < 4.78 is 15.0. The molecule has 3 atom stereocenters. The molecule has 22 heavy (non-hydrogen) atoms. The summed E-state index contributed by atoms with van der Waals surface area (Å²) in [5, 5.41) is 0. The first-order chi connectivity index (χ1) is 10.6. The monoisotopic (exact) mass is 311 g/mol. The molecule has 7 heteroatoms. The Labute approximate surface area is 128 Å².